The number of nitrogens with one attached hydrogen (secondary N) is 3. The second-order valence-corrected chi connectivity index (χ2v) is 22.5. The van der Waals surface area contributed by atoms with Crippen LogP contribution < -0.4 is 191 Å². The molecule has 4 N–H and O–H groups in total. The summed E-state index contributed by atoms with van der Waals surface area (Å²) in [4.78, 5) is 33.1. The van der Waals surface area contributed by atoms with Gasteiger partial charge in [-0.2, -0.15) is 10.2 Å². The zero-order chi connectivity index (χ0) is 51.9. The molecular weight excluding hydrogens is 1200 g/mol. The quantitative estimate of drug-likeness (QED) is 0.00829. The largest absolute Gasteiger partial charge is 1.00 e. The van der Waals surface area contributed by atoms with Crippen LogP contribution in [0, 0.1) is 0 Å². The first-order chi connectivity index (χ1) is 31.8. The van der Waals surface area contributed by atoms with Crippen molar-refractivity contribution >= 4 is 107 Å². The van der Waals surface area contributed by atoms with E-state index in [0.717, 1.165) is 19.1 Å². The van der Waals surface area contributed by atoms with Gasteiger partial charge in [-0.15, -0.1) is 14.6 Å². The van der Waals surface area contributed by atoms with E-state index in [1.54, 1.807) is 0 Å². The number of sulfone groups is 2. The Hall–Kier alpha value is -0.760. The summed E-state index contributed by atoms with van der Waals surface area (Å²) < 4.78 is 205. The summed E-state index contributed by atoms with van der Waals surface area (Å²) in [6.07, 6.45) is 0. The first-order valence-corrected chi connectivity index (χ1v) is 26.8. The molecule has 0 saturated heterocycles. The zero-order valence-corrected chi connectivity index (χ0v) is 54.1. The number of phenolic OH excluding ortho intramolecular Hbond substituents is 1. The predicted octanol–water partition coefficient (Wildman–Crippen LogP) is -18.2. The van der Waals surface area contributed by atoms with Gasteiger partial charge in [0, 0.05) is 12.6 Å². The fourth-order valence-electron chi connectivity index (χ4n) is 5.05. The molecule has 376 valence electrons. The monoisotopic (exact) mass is 1220 g/mol. The molecular formula is C30H24N7Na5O25S7. The number of nitrogens with zero attached hydrogens (tertiary/aromatic N) is 4. The fraction of sp³-hybridized carbons (Fsp3) is 0.167. The van der Waals surface area contributed by atoms with Crippen molar-refractivity contribution in [2.24, 2.45) is 20.4 Å². The maximum absolute atomic E-state index is 13.7. The van der Waals surface area contributed by atoms with Crippen LogP contribution in [0.5, 0.6) is 5.75 Å². The van der Waals surface area contributed by atoms with Gasteiger partial charge in [-0.1, -0.05) is 0 Å². The van der Waals surface area contributed by atoms with Crippen LogP contribution in [0.1, 0.15) is 6.92 Å². The normalized spacial score (nSPS) is 12.6. The molecule has 0 aliphatic heterocycles. The zero-order valence-electron chi connectivity index (χ0n) is 38.4. The molecule has 0 aliphatic carbocycles. The molecule has 0 heterocycles. The number of carbonyl (C=O) groups is 1. The minimum Gasteiger partial charge on any atom is -0.744 e. The number of hydrogen-bond donors (Lipinski definition) is 4. The average Bonchev–Trinajstić information content (AvgIpc) is 3.22. The molecule has 0 saturated carbocycles. The van der Waals surface area contributed by atoms with Gasteiger partial charge >= 0.3 is 148 Å². The van der Waals surface area contributed by atoms with Gasteiger partial charge in [-0.05, 0) is 54.6 Å². The molecule has 74 heavy (non-hydrogen) atoms. The van der Waals surface area contributed by atoms with Crippen molar-refractivity contribution in [1.82, 2.24) is 0 Å². The number of carbonyl (C=O) groups excluding carboxylic acids is 1. The topological polar surface area (TPSA) is 514 Å². The molecule has 0 bridgehead atoms. The smallest absolute Gasteiger partial charge is 0.744 e. The fourth-order valence-corrected chi connectivity index (χ4v) is 10.1. The Morgan fingerprint density at radius 1 is 0.635 bits per heavy atom. The summed E-state index contributed by atoms with van der Waals surface area (Å²) in [7, 11) is -31.6. The number of benzene rings is 4. The molecule has 32 nitrogen and oxygen atoms in total. The van der Waals surface area contributed by atoms with E-state index >= 15 is 0 Å². The molecule has 4 aromatic rings. The SMILES string of the molecule is CC(=O)Nc1ccc(N/N=c2/c(=O)c(N=Nc3ccc(S(=O)(=O)CCOSOO[O-])cc3S(=O)(=O)[O-])c(O)/c(=N\Nc3ccc(S(=O)(=O)CCOS(=O)(=O)[O-])cc3S(=O)(=O)[O-])c2=O)c(S(=O)(=O)[O-])c1.[Na+].[Na+].[Na+].[Na+].[Na+]. The second-order valence-electron chi connectivity index (χ2n) is 12.6. The van der Waals surface area contributed by atoms with Crippen LogP contribution in [0.15, 0.2) is 109 Å². The van der Waals surface area contributed by atoms with E-state index in [1.807, 2.05) is 10.9 Å². The Bertz CT molecular complexity index is 3680. The van der Waals surface area contributed by atoms with Gasteiger partial charge in [0.25, 0.3) is 0 Å². The van der Waals surface area contributed by atoms with Crippen molar-refractivity contribution in [2.45, 2.75) is 31.4 Å². The van der Waals surface area contributed by atoms with Crippen LogP contribution in [-0.4, -0.2) is 104 Å². The molecule has 0 spiro atoms. The minimum atomic E-state index is -5.75. The molecule has 0 aliphatic rings. The predicted molar refractivity (Wildman–Crippen MR) is 219 cm³/mol. The molecule has 0 fully saturated rings. The van der Waals surface area contributed by atoms with Crippen molar-refractivity contribution in [3.63, 3.8) is 0 Å². The molecule has 1 amide bonds. The molecule has 0 aromatic heterocycles. The number of aromatic hydroxyl groups is 1. The molecule has 44 heteroatoms. The molecule has 0 unspecified atom stereocenters. The Labute approximate surface area is 533 Å². The molecule has 4 rings (SSSR count). The van der Waals surface area contributed by atoms with E-state index in [0.29, 0.717) is 36.4 Å². The Kier molecular flexibility index (Phi) is 31.8. The van der Waals surface area contributed by atoms with E-state index < -0.39 is 166 Å². The second kappa shape index (κ2) is 31.3. The third kappa shape index (κ3) is 21.7. The Balaban J connectivity index is 0. The third-order valence-corrected chi connectivity index (χ3v) is 14.8. The number of hydrogen-bond acceptors (Lipinski definition) is 32. The van der Waals surface area contributed by atoms with Crippen LogP contribution in [0.4, 0.5) is 28.4 Å². The number of anilines is 3. The van der Waals surface area contributed by atoms with Crippen LogP contribution >= 0.6 is 12.3 Å². The number of azo groups is 1. The van der Waals surface area contributed by atoms with E-state index in [4.69, 9.17) is 0 Å². The number of phenols is 1. The molecule has 4 aromatic carbocycles. The summed E-state index contributed by atoms with van der Waals surface area (Å²) in [5, 5.41) is 37.0. The van der Waals surface area contributed by atoms with Gasteiger partial charge in [0.1, 0.15) is 36.0 Å². The first kappa shape index (κ1) is 75.3. The van der Waals surface area contributed by atoms with Gasteiger partial charge < -0.3 is 33.9 Å². The standard InChI is InChI=1S/C30H29N7O25S7.5Na/c1-15(38)31-16-2-5-19(22(12-16)66(47,48)49)32-35-25-28(39)26(36-33-20-6-3-17(13-23(20)67(50,51)52)64(43,44)10-8-59-63-62-61-42)30(41)27(29(25)40)37-34-21-7-4-18(14-24(21)68(53,54)55)65(45,46)11-9-60-69(56,57)58;;;;;/h2-7,12-14,32,34,41-42H,8-11H2,1H3,(H,31,38)(H,47,48,49)(H,50,51,52)(H,53,54,55)(H,56,57,58);;;;;/q;5*+1/p-5/b35-25-,36-33?,37-27-;;;;;. The van der Waals surface area contributed by atoms with Crippen molar-refractivity contribution in [3.05, 3.63) is 85.8 Å². The molecule has 0 radical (unpaired) electrons. The summed E-state index contributed by atoms with van der Waals surface area (Å²) in [6.45, 7) is -0.926. The van der Waals surface area contributed by atoms with E-state index in [1.165, 1.54) is 0 Å². The van der Waals surface area contributed by atoms with Crippen molar-refractivity contribution in [1.29, 1.82) is 0 Å². The van der Waals surface area contributed by atoms with Crippen molar-refractivity contribution in [2.75, 3.05) is 40.9 Å². The first-order valence-electron chi connectivity index (χ1n) is 17.3. The van der Waals surface area contributed by atoms with Crippen LogP contribution in [0.3, 0.4) is 0 Å². The average molecular weight is 1220 g/mol. The van der Waals surface area contributed by atoms with Gasteiger partial charge in [0.15, 0.2) is 54.1 Å². The summed E-state index contributed by atoms with van der Waals surface area (Å²) in [6, 6.07) is 5.36. The minimum absolute atomic E-state index is 0. The third-order valence-electron chi connectivity index (χ3n) is 7.97. The maximum atomic E-state index is 13.7. The summed E-state index contributed by atoms with van der Waals surface area (Å²) >= 11 is -0.0694. The van der Waals surface area contributed by atoms with Crippen molar-refractivity contribution < 1.29 is 249 Å². The maximum Gasteiger partial charge on any atom is 1.00 e. The van der Waals surface area contributed by atoms with Gasteiger partial charge in [0.2, 0.25) is 27.2 Å². The number of amides is 1. The van der Waals surface area contributed by atoms with Gasteiger partial charge in [-0.25, -0.2) is 50.5 Å². The van der Waals surface area contributed by atoms with E-state index in [-0.39, 0.29) is 172 Å². The van der Waals surface area contributed by atoms with Crippen molar-refractivity contribution in [3.8, 4) is 5.75 Å². The van der Waals surface area contributed by atoms with Crippen LogP contribution in [-0.2, 0) is 83.0 Å². The van der Waals surface area contributed by atoms with Crippen LogP contribution in [0.25, 0.3) is 0 Å². The summed E-state index contributed by atoms with van der Waals surface area (Å²) in [5.74, 6) is -4.54. The van der Waals surface area contributed by atoms with Gasteiger partial charge in [0.05, 0.1) is 60.6 Å². The van der Waals surface area contributed by atoms with Crippen LogP contribution in [0.2, 0.25) is 0 Å². The Morgan fingerprint density at radius 3 is 1.61 bits per heavy atom. The Morgan fingerprint density at radius 2 is 1.11 bits per heavy atom. The van der Waals surface area contributed by atoms with E-state index in [9.17, 15) is 93.5 Å². The molecule has 0 atom stereocenters. The van der Waals surface area contributed by atoms with Gasteiger partial charge in [-0.3, -0.25) is 38.6 Å². The van der Waals surface area contributed by atoms with E-state index in [2.05, 4.69) is 43.5 Å². The number of rotatable bonds is 22. The summed E-state index contributed by atoms with van der Waals surface area (Å²) in [5.41, 5.74) is -4.31.